The fraction of sp³-hybridized carbons (Fsp3) is 0.412. The van der Waals surface area contributed by atoms with E-state index in [2.05, 4.69) is 4.99 Å². The van der Waals surface area contributed by atoms with Gasteiger partial charge in [0.25, 0.3) is 5.91 Å². The van der Waals surface area contributed by atoms with E-state index in [0.717, 1.165) is 30.9 Å². The number of hydrogen-bond donors (Lipinski definition) is 0. The molecule has 122 valence electrons. The van der Waals surface area contributed by atoms with E-state index in [0.29, 0.717) is 16.1 Å². The molecular formula is C17H20N2O3S. The van der Waals surface area contributed by atoms with Crippen LogP contribution in [0.4, 0.5) is 0 Å². The number of benzene rings is 1. The zero-order valence-corrected chi connectivity index (χ0v) is 14.1. The molecule has 2 aromatic rings. The monoisotopic (exact) mass is 332 g/mol. The fourth-order valence-electron chi connectivity index (χ4n) is 2.70. The SMILES string of the molecule is COc1ccccc1C(=O)/N=c1\sc(C)cn1CC1CCCO1. The molecule has 1 atom stereocenters. The van der Waals surface area contributed by atoms with Gasteiger partial charge in [-0.1, -0.05) is 12.1 Å². The van der Waals surface area contributed by atoms with Crippen LogP contribution in [0.3, 0.4) is 0 Å². The second kappa shape index (κ2) is 7.10. The number of aryl methyl sites for hydroxylation is 1. The summed E-state index contributed by atoms with van der Waals surface area (Å²) >= 11 is 1.51. The van der Waals surface area contributed by atoms with Gasteiger partial charge in [0.05, 0.1) is 25.3 Å². The van der Waals surface area contributed by atoms with Crippen molar-refractivity contribution in [2.45, 2.75) is 32.4 Å². The zero-order chi connectivity index (χ0) is 16.2. The molecule has 0 N–H and O–H groups in total. The summed E-state index contributed by atoms with van der Waals surface area (Å²) in [6.45, 7) is 3.58. The van der Waals surface area contributed by atoms with Crippen molar-refractivity contribution in [3.63, 3.8) is 0 Å². The minimum atomic E-state index is -0.287. The highest BCUT2D eigenvalue weighted by Gasteiger charge is 2.17. The average molecular weight is 332 g/mol. The van der Waals surface area contributed by atoms with Crippen LogP contribution in [0.2, 0.25) is 0 Å². The first-order chi connectivity index (χ1) is 11.2. The van der Waals surface area contributed by atoms with E-state index >= 15 is 0 Å². The maximum absolute atomic E-state index is 12.5. The van der Waals surface area contributed by atoms with Gasteiger partial charge in [-0.05, 0) is 31.9 Å². The molecule has 5 nitrogen and oxygen atoms in total. The third kappa shape index (κ3) is 3.71. The van der Waals surface area contributed by atoms with E-state index in [4.69, 9.17) is 9.47 Å². The molecule has 1 saturated heterocycles. The van der Waals surface area contributed by atoms with Crippen molar-refractivity contribution in [1.82, 2.24) is 4.57 Å². The Hall–Kier alpha value is -1.92. The second-order valence-electron chi connectivity index (χ2n) is 5.53. The number of methoxy groups -OCH3 is 1. The van der Waals surface area contributed by atoms with Gasteiger partial charge in [0, 0.05) is 17.7 Å². The summed E-state index contributed by atoms with van der Waals surface area (Å²) in [4.78, 5) is 18.6. The second-order valence-corrected chi connectivity index (χ2v) is 6.74. The standard InChI is InChI=1S/C17H20N2O3S/c1-12-10-19(11-13-6-5-9-22-13)17(23-12)18-16(20)14-7-3-4-8-15(14)21-2/h3-4,7-8,10,13H,5-6,9,11H2,1-2H3/b18-17-. The van der Waals surface area contributed by atoms with Crippen molar-refractivity contribution in [3.05, 3.63) is 45.7 Å². The van der Waals surface area contributed by atoms with Crippen LogP contribution in [0.5, 0.6) is 5.75 Å². The van der Waals surface area contributed by atoms with E-state index in [9.17, 15) is 4.79 Å². The molecule has 23 heavy (non-hydrogen) atoms. The van der Waals surface area contributed by atoms with Crippen molar-refractivity contribution < 1.29 is 14.3 Å². The summed E-state index contributed by atoms with van der Waals surface area (Å²) in [6.07, 6.45) is 4.40. The first kappa shape index (κ1) is 16.0. The van der Waals surface area contributed by atoms with Crippen molar-refractivity contribution >= 4 is 17.2 Å². The van der Waals surface area contributed by atoms with Gasteiger partial charge in [0.15, 0.2) is 4.80 Å². The van der Waals surface area contributed by atoms with Crippen molar-refractivity contribution in [2.24, 2.45) is 4.99 Å². The normalized spacial score (nSPS) is 18.3. The molecule has 1 aliphatic rings. The van der Waals surface area contributed by atoms with Crippen molar-refractivity contribution in [1.29, 1.82) is 0 Å². The summed E-state index contributed by atoms with van der Waals surface area (Å²) in [5.74, 6) is 0.255. The minimum Gasteiger partial charge on any atom is -0.496 e. The number of para-hydroxylation sites is 1. The number of carbonyl (C=O) groups excluding carboxylic acids is 1. The van der Waals surface area contributed by atoms with Gasteiger partial charge in [0.2, 0.25) is 0 Å². The number of aromatic nitrogens is 1. The third-order valence-corrected chi connectivity index (χ3v) is 4.73. The quantitative estimate of drug-likeness (QED) is 0.865. The Balaban J connectivity index is 1.90. The minimum absolute atomic E-state index is 0.212. The van der Waals surface area contributed by atoms with Crippen LogP contribution >= 0.6 is 11.3 Å². The van der Waals surface area contributed by atoms with Crippen LogP contribution in [-0.4, -0.2) is 30.3 Å². The lowest BCUT2D eigenvalue weighted by atomic mass is 10.2. The van der Waals surface area contributed by atoms with E-state index < -0.39 is 0 Å². The zero-order valence-electron chi connectivity index (χ0n) is 13.3. The molecule has 1 amide bonds. The first-order valence-electron chi connectivity index (χ1n) is 7.68. The Kier molecular flexibility index (Phi) is 4.93. The Morgan fingerprint density at radius 2 is 2.30 bits per heavy atom. The van der Waals surface area contributed by atoms with Gasteiger partial charge in [0.1, 0.15) is 5.75 Å². The maximum Gasteiger partial charge on any atom is 0.283 e. The molecule has 0 radical (unpaired) electrons. The summed E-state index contributed by atoms with van der Waals surface area (Å²) < 4.78 is 12.9. The molecule has 0 aliphatic carbocycles. The Labute approximate surface area is 139 Å². The van der Waals surface area contributed by atoms with Gasteiger partial charge in [-0.3, -0.25) is 4.79 Å². The molecule has 6 heteroatoms. The van der Waals surface area contributed by atoms with Crippen LogP contribution in [0.1, 0.15) is 28.1 Å². The van der Waals surface area contributed by atoms with Crippen LogP contribution < -0.4 is 9.54 Å². The molecular weight excluding hydrogens is 312 g/mol. The lowest BCUT2D eigenvalue weighted by Gasteiger charge is -2.10. The number of thiazole rings is 1. The Morgan fingerprint density at radius 3 is 3.04 bits per heavy atom. The number of ether oxygens (including phenoxy) is 2. The summed E-state index contributed by atoms with van der Waals surface area (Å²) in [6, 6.07) is 7.15. The largest absolute Gasteiger partial charge is 0.496 e. The van der Waals surface area contributed by atoms with Crippen LogP contribution in [0.15, 0.2) is 35.5 Å². The molecule has 0 spiro atoms. The van der Waals surface area contributed by atoms with Crippen LogP contribution in [0, 0.1) is 6.92 Å². The summed E-state index contributed by atoms with van der Waals surface area (Å²) in [5.41, 5.74) is 0.477. The molecule has 0 bridgehead atoms. The Bertz CT molecular complexity index is 757. The molecule has 1 aromatic carbocycles. The van der Waals surface area contributed by atoms with Crippen molar-refractivity contribution in [2.75, 3.05) is 13.7 Å². The molecule has 2 heterocycles. The number of amides is 1. The fourth-order valence-corrected chi connectivity index (χ4v) is 3.54. The molecule has 1 aliphatic heterocycles. The molecule has 1 unspecified atom stereocenters. The number of hydrogen-bond acceptors (Lipinski definition) is 4. The highest BCUT2D eigenvalue weighted by atomic mass is 32.1. The predicted octanol–water partition coefficient (Wildman–Crippen LogP) is 2.79. The Morgan fingerprint density at radius 1 is 1.48 bits per heavy atom. The highest BCUT2D eigenvalue weighted by Crippen LogP contribution is 2.18. The van der Waals surface area contributed by atoms with E-state index in [1.807, 2.05) is 29.8 Å². The van der Waals surface area contributed by atoms with E-state index in [1.54, 1.807) is 19.2 Å². The van der Waals surface area contributed by atoms with Gasteiger partial charge < -0.3 is 14.0 Å². The molecule has 1 aromatic heterocycles. The molecule has 0 saturated carbocycles. The summed E-state index contributed by atoms with van der Waals surface area (Å²) in [5, 5.41) is 0. The van der Waals surface area contributed by atoms with E-state index in [1.165, 1.54) is 11.3 Å². The van der Waals surface area contributed by atoms with Gasteiger partial charge in [-0.2, -0.15) is 4.99 Å². The van der Waals surface area contributed by atoms with Gasteiger partial charge in [-0.25, -0.2) is 0 Å². The lowest BCUT2D eigenvalue weighted by molar-refractivity contribution is 0.0949. The maximum atomic E-state index is 12.5. The summed E-state index contributed by atoms with van der Waals surface area (Å²) in [7, 11) is 1.55. The average Bonchev–Trinajstić information content (AvgIpc) is 3.17. The number of carbonyl (C=O) groups is 1. The van der Waals surface area contributed by atoms with Crippen molar-refractivity contribution in [3.8, 4) is 5.75 Å². The molecule has 3 rings (SSSR count). The molecule has 1 fully saturated rings. The third-order valence-electron chi connectivity index (χ3n) is 3.79. The van der Waals surface area contributed by atoms with Gasteiger partial charge in [-0.15, -0.1) is 11.3 Å². The lowest BCUT2D eigenvalue weighted by Crippen LogP contribution is -2.23. The number of nitrogens with zero attached hydrogens (tertiary/aromatic N) is 2. The predicted molar refractivity (Wildman–Crippen MR) is 88.9 cm³/mol. The smallest absolute Gasteiger partial charge is 0.283 e. The van der Waals surface area contributed by atoms with Crippen LogP contribution in [0.25, 0.3) is 0 Å². The van der Waals surface area contributed by atoms with Gasteiger partial charge >= 0.3 is 0 Å². The van der Waals surface area contributed by atoms with Crippen LogP contribution in [-0.2, 0) is 11.3 Å². The topological polar surface area (TPSA) is 52.8 Å². The first-order valence-corrected chi connectivity index (χ1v) is 8.49. The highest BCUT2D eigenvalue weighted by molar-refractivity contribution is 7.09. The van der Waals surface area contributed by atoms with E-state index in [-0.39, 0.29) is 12.0 Å². The number of rotatable bonds is 4.